The lowest BCUT2D eigenvalue weighted by Crippen LogP contribution is -3.10. The minimum absolute atomic E-state index is 0.221. The largest absolute Gasteiger partial charge is 0.626 e. The van der Waals surface area contributed by atoms with E-state index in [2.05, 4.69) is 26.5 Å². The van der Waals surface area contributed by atoms with Crippen LogP contribution in [0.15, 0.2) is 18.3 Å². The van der Waals surface area contributed by atoms with Crippen LogP contribution in [0.1, 0.15) is 126 Å². The van der Waals surface area contributed by atoms with Crippen LogP contribution in [0.2, 0.25) is 0 Å². The number of quaternary nitrogens is 1. The van der Waals surface area contributed by atoms with E-state index in [4.69, 9.17) is 0 Å². The normalized spacial score (nSPS) is 14.7. The maximum absolute atomic E-state index is 12.5. The molecule has 1 aromatic heterocycles. The van der Waals surface area contributed by atoms with Crippen molar-refractivity contribution in [2.45, 2.75) is 116 Å². The summed E-state index contributed by atoms with van der Waals surface area (Å²) in [6.45, 7) is 7.84. The molecule has 2 rings (SSSR count). The predicted octanol–water partition coefficient (Wildman–Crippen LogP) is 5.59. The number of piperazine rings is 1. The standard InChI is InChI=1S/C31H55N5O5/c1-2-21-33-23-25-34(26-24-33)30-20-19-29(28-32-30)31(37)35(38)22-17-15-13-11-9-7-5-3-4-6-8-10-12-14-16-18-27-41-36(39)40/h19-20,28,35H,2-18,21-27H2,1H3. The van der Waals surface area contributed by atoms with E-state index in [0.29, 0.717) is 12.1 Å². The summed E-state index contributed by atoms with van der Waals surface area (Å²) in [6, 6.07) is 3.63. The summed E-state index contributed by atoms with van der Waals surface area (Å²) in [4.78, 5) is 36.1. The molecule has 0 saturated carbocycles. The molecule has 1 N–H and O–H groups in total. The highest BCUT2D eigenvalue weighted by molar-refractivity contribution is 5.87. The van der Waals surface area contributed by atoms with Gasteiger partial charge < -0.3 is 20.0 Å². The van der Waals surface area contributed by atoms with E-state index in [1.165, 1.54) is 70.6 Å². The Morgan fingerprint density at radius 1 is 0.854 bits per heavy atom. The van der Waals surface area contributed by atoms with Gasteiger partial charge in [0.1, 0.15) is 5.82 Å². The van der Waals surface area contributed by atoms with E-state index in [1.807, 2.05) is 6.07 Å². The number of rotatable bonds is 24. The number of carbonyl (C=O) groups excluding carboxylic acids is 1. The van der Waals surface area contributed by atoms with Gasteiger partial charge in [-0.1, -0.05) is 90.4 Å². The van der Waals surface area contributed by atoms with Gasteiger partial charge in [-0.15, -0.1) is 10.1 Å². The summed E-state index contributed by atoms with van der Waals surface area (Å²) in [7, 11) is 0. The second-order valence-electron chi connectivity index (χ2n) is 11.4. The zero-order chi connectivity index (χ0) is 29.5. The molecule has 0 bridgehead atoms. The van der Waals surface area contributed by atoms with E-state index in [9.17, 15) is 20.1 Å². The van der Waals surface area contributed by atoms with Gasteiger partial charge in [-0.05, 0) is 44.4 Å². The second kappa shape index (κ2) is 22.3. The Morgan fingerprint density at radius 2 is 1.37 bits per heavy atom. The third kappa shape index (κ3) is 16.1. The number of pyridine rings is 1. The van der Waals surface area contributed by atoms with Crippen LogP contribution in [0.3, 0.4) is 0 Å². The van der Waals surface area contributed by atoms with Gasteiger partial charge in [0.2, 0.25) is 0 Å². The first-order valence-corrected chi connectivity index (χ1v) is 16.3. The van der Waals surface area contributed by atoms with Crippen LogP contribution in [0, 0.1) is 15.3 Å². The number of hydrogen-bond donors (Lipinski definition) is 1. The van der Waals surface area contributed by atoms with Crippen molar-refractivity contribution >= 4 is 11.7 Å². The molecule has 10 nitrogen and oxygen atoms in total. The molecule has 1 aliphatic heterocycles. The number of aromatic nitrogens is 1. The molecule has 1 atom stereocenters. The van der Waals surface area contributed by atoms with Crippen LogP contribution in [-0.2, 0) is 4.84 Å². The van der Waals surface area contributed by atoms with E-state index < -0.39 is 11.0 Å². The van der Waals surface area contributed by atoms with E-state index in [-0.39, 0.29) is 11.7 Å². The van der Waals surface area contributed by atoms with Gasteiger partial charge in [-0.25, -0.2) is 9.78 Å². The molecule has 2 heterocycles. The van der Waals surface area contributed by atoms with E-state index >= 15 is 0 Å². The van der Waals surface area contributed by atoms with Crippen LogP contribution in [-0.4, -0.2) is 66.8 Å². The molecule has 1 aromatic rings. The number of nitrogens with zero attached hydrogens (tertiary/aromatic N) is 4. The first-order chi connectivity index (χ1) is 20.0. The van der Waals surface area contributed by atoms with Gasteiger partial charge in [0.05, 0.1) is 18.7 Å². The summed E-state index contributed by atoms with van der Waals surface area (Å²) < 4.78 is 0. The second-order valence-corrected chi connectivity index (χ2v) is 11.4. The number of amides is 1. The lowest BCUT2D eigenvalue weighted by Gasteiger charge is -2.35. The van der Waals surface area contributed by atoms with E-state index in [0.717, 1.165) is 77.1 Å². The highest BCUT2D eigenvalue weighted by Gasteiger charge is 2.19. The molecule has 1 unspecified atom stereocenters. The topological polar surface area (TPSA) is 116 Å². The molecular formula is C31H55N5O5. The minimum atomic E-state index is -0.717. The minimum Gasteiger partial charge on any atom is -0.626 e. The van der Waals surface area contributed by atoms with Crippen molar-refractivity contribution in [3.63, 3.8) is 0 Å². The first kappa shape index (κ1) is 34.9. The molecule has 1 aliphatic rings. The average molecular weight is 578 g/mol. The van der Waals surface area contributed by atoms with Crippen molar-refractivity contribution in [3.05, 3.63) is 39.2 Å². The fourth-order valence-electron chi connectivity index (χ4n) is 5.50. The molecule has 1 saturated heterocycles. The van der Waals surface area contributed by atoms with Crippen LogP contribution < -0.4 is 9.96 Å². The third-order valence-corrected chi connectivity index (χ3v) is 7.99. The summed E-state index contributed by atoms with van der Waals surface area (Å²) in [6.07, 6.45) is 21.2. The smallest absolute Gasteiger partial charge is 0.345 e. The van der Waals surface area contributed by atoms with Gasteiger partial charge in [0, 0.05) is 32.4 Å². The van der Waals surface area contributed by atoms with Crippen molar-refractivity contribution in [1.29, 1.82) is 0 Å². The fraction of sp³-hybridized carbons (Fsp3) is 0.806. The van der Waals surface area contributed by atoms with Crippen LogP contribution in [0.5, 0.6) is 0 Å². The van der Waals surface area contributed by atoms with Gasteiger partial charge >= 0.3 is 5.91 Å². The lowest BCUT2D eigenvalue weighted by atomic mass is 10.0. The van der Waals surface area contributed by atoms with Gasteiger partial charge in [0.15, 0.2) is 0 Å². The molecule has 0 radical (unpaired) electrons. The lowest BCUT2D eigenvalue weighted by molar-refractivity contribution is -0.757. The van der Waals surface area contributed by atoms with Crippen LogP contribution in [0.4, 0.5) is 5.82 Å². The first-order valence-electron chi connectivity index (χ1n) is 16.3. The number of hydrogen-bond acceptors (Lipinski definition) is 8. The summed E-state index contributed by atoms with van der Waals surface area (Å²) >= 11 is 0. The van der Waals surface area contributed by atoms with Crippen molar-refractivity contribution in [1.82, 2.24) is 9.88 Å². The Labute approximate surface area is 247 Å². The predicted molar refractivity (Wildman–Crippen MR) is 164 cm³/mol. The molecule has 1 amide bonds. The van der Waals surface area contributed by atoms with Gasteiger partial charge in [0.25, 0.3) is 5.09 Å². The summed E-state index contributed by atoms with van der Waals surface area (Å²) in [5.41, 5.74) is 0.404. The molecule has 0 aliphatic carbocycles. The quantitative estimate of drug-likeness (QED) is 0.0961. The Kier molecular flexibility index (Phi) is 19.0. The maximum atomic E-state index is 12.5. The average Bonchev–Trinajstić information content (AvgIpc) is 2.98. The number of unbranched alkanes of at least 4 members (excludes halogenated alkanes) is 15. The summed E-state index contributed by atoms with van der Waals surface area (Å²) in [5.74, 6) is 0.478. The highest BCUT2D eigenvalue weighted by Crippen LogP contribution is 2.15. The van der Waals surface area contributed by atoms with Crippen LogP contribution >= 0.6 is 0 Å². The Morgan fingerprint density at radius 3 is 1.83 bits per heavy atom. The zero-order valence-corrected chi connectivity index (χ0v) is 25.5. The van der Waals surface area contributed by atoms with Crippen molar-refractivity contribution < 1.29 is 19.8 Å². The number of anilines is 1. The zero-order valence-electron chi connectivity index (χ0n) is 25.5. The molecule has 1 fully saturated rings. The SMILES string of the molecule is CCCN1CCN(c2ccc(C(=O)[NH+]([O-])CCCCCCCCCCCCCCCCCCO[N+](=O)[O-])cn2)CC1. The maximum Gasteiger partial charge on any atom is 0.345 e. The molecule has 0 spiro atoms. The van der Waals surface area contributed by atoms with Gasteiger partial charge in [-0.3, -0.25) is 4.90 Å². The molecule has 10 heteroatoms. The summed E-state index contributed by atoms with van der Waals surface area (Å²) in [5, 5.41) is 21.5. The van der Waals surface area contributed by atoms with Crippen molar-refractivity contribution in [3.8, 4) is 0 Å². The number of hydroxylamine groups is 2. The van der Waals surface area contributed by atoms with Crippen molar-refractivity contribution in [2.75, 3.05) is 50.8 Å². The molecule has 234 valence electrons. The molecule has 0 aromatic carbocycles. The van der Waals surface area contributed by atoms with Crippen molar-refractivity contribution in [2.24, 2.45) is 0 Å². The Bertz CT molecular complexity index is 818. The number of carbonyl (C=O) groups is 1. The van der Waals surface area contributed by atoms with Gasteiger partial charge in [-0.2, -0.15) is 0 Å². The van der Waals surface area contributed by atoms with Crippen LogP contribution in [0.25, 0.3) is 0 Å². The Hall–Kier alpha value is -2.30. The monoisotopic (exact) mass is 577 g/mol. The number of nitrogens with one attached hydrogen (secondary N) is 1. The molecular weight excluding hydrogens is 522 g/mol. The Balaban J connectivity index is 1.39. The molecule has 41 heavy (non-hydrogen) atoms. The highest BCUT2D eigenvalue weighted by atomic mass is 16.9. The van der Waals surface area contributed by atoms with E-state index in [1.54, 1.807) is 12.3 Å². The fourth-order valence-corrected chi connectivity index (χ4v) is 5.50. The third-order valence-electron chi connectivity index (χ3n) is 7.99.